The standard InChI is InChI=1S/C9H15NO4/c11-9(12)8-2-1-7(14-8)3-10-6-4-13-5-6/h6-8,10H,1-5H2,(H,11,12). The first kappa shape index (κ1) is 9.89. The van der Waals surface area contributed by atoms with E-state index in [9.17, 15) is 4.79 Å². The lowest BCUT2D eigenvalue weighted by Gasteiger charge is -2.28. The van der Waals surface area contributed by atoms with Crippen molar-refractivity contribution in [3.05, 3.63) is 0 Å². The van der Waals surface area contributed by atoms with Gasteiger partial charge in [-0.25, -0.2) is 4.79 Å². The SMILES string of the molecule is O=C(O)C1CCC(CNC2COC2)O1. The van der Waals surface area contributed by atoms with Crippen LogP contribution in [-0.2, 0) is 14.3 Å². The monoisotopic (exact) mass is 201 g/mol. The van der Waals surface area contributed by atoms with E-state index < -0.39 is 12.1 Å². The molecule has 2 heterocycles. The van der Waals surface area contributed by atoms with Crippen LogP contribution in [0, 0.1) is 0 Å². The van der Waals surface area contributed by atoms with E-state index in [4.69, 9.17) is 14.6 Å². The van der Waals surface area contributed by atoms with Crippen molar-refractivity contribution in [2.45, 2.75) is 31.1 Å². The normalized spacial score (nSPS) is 32.9. The predicted molar refractivity (Wildman–Crippen MR) is 48.1 cm³/mol. The van der Waals surface area contributed by atoms with Crippen LogP contribution in [0.25, 0.3) is 0 Å². The highest BCUT2D eigenvalue weighted by Crippen LogP contribution is 2.19. The van der Waals surface area contributed by atoms with Crippen LogP contribution in [0.1, 0.15) is 12.8 Å². The van der Waals surface area contributed by atoms with Crippen LogP contribution in [0.4, 0.5) is 0 Å². The largest absolute Gasteiger partial charge is 0.479 e. The molecule has 0 aromatic rings. The Balaban J connectivity index is 1.65. The molecule has 2 saturated heterocycles. The fourth-order valence-corrected chi connectivity index (χ4v) is 1.69. The molecule has 0 saturated carbocycles. The zero-order chi connectivity index (χ0) is 9.97. The smallest absolute Gasteiger partial charge is 0.332 e. The van der Waals surface area contributed by atoms with Crippen LogP contribution in [0.5, 0.6) is 0 Å². The molecule has 14 heavy (non-hydrogen) atoms. The number of carbonyl (C=O) groups is 1. The number of nitrogens with one attached hydrogen (secondary N) is 1. The van der Waals surface area contributed by atoms with Crippen molar-refractivity contribution in [1.82, 2.24) is 5.32 Å². The van der Waals surface area contributed by atoms with Crippen molar-refractivity contribution in [2.24, 2.45) is 0 Å². The third-order valence-corrected chi connectivity index (χ3v) is 2.66. The summed E-state index contributed by atoms with van der Waals surface area (Å²) in [6.45, 7) is 2.25. The van der Waals surface area contributed by atoms with Crippen molar-refractivity contribution >= 4 is 5.97 Å². The van der Waals surface area contributed by atoms with Crippen LogP contribution in [0.3, 0.4) is 0 Å². The Hall–Kier alpha value is -0.650. The molecule has 0 aromatic carbocycles. The zero-order valence-corrected chi connectivity index (χ0v) is 7.94. The second-order valence-corrected chi connectivity index (χ2v) is 3.80. The Kier molecular flexibility index (Phi) is 3.00. The number of aliphatic carboxylic acids is 1. The second kappa shape index (κ2) is 4.25. The molecule has 0 spiro atoms. The highest BCUT2D eigenvalue weighted by molar-refractivity contribution is 5.72. The maximum atomic E-state index is 10.6. The summed E-state index contributed by atoms with van der Waals surface area (Å²) >= 11 is 0. The highest BCUT2D eigenvalue weighted by Gasteiger charge is 2.31. The Morgan fingerprint density at radius 2 is 2.21 bits per heavy atom. The molecule has 0 radical (unpaired) electrons. The molecule has 2 unspecified atom stereocenters. The van der Waals surface area contributed by atoms with E-state index in [0.29, 0.717) is 12.5 Å². The number of carboxylic acids is 1. The van der Waals surface area contributed by atoms with Gasteiger partial charge in [-0.2, -0.15) is 0 Å². The fourth-order valence-electron chi connectivity index (χ4n) is 1.69. The zero-order valence-electron chi connectivity index (χ0n) is 7.94. The summed E-state index contributed by atoms with van der Waals surface area (Å²) < 4.78 is 10.4. The van der Waals surface area contributed by atoms with Crippen LogP contribution in [0.15, 0.2) is 0 Å². The molecule has 0 bridgehead atoms. The molecular formula is C9H15NO4. The molecule has 5 nitrogen and oxygen atoms in total. The molecule has 2 fully saturated rings. The Labute approximate surface area is 82.4 Å². The lowest BCUT2D eigenvalue weighted by molar-refractivity contribution is -0.149. The van der Waals surface area contributed by atoms with Gasteiger partial charge in [0, 0.05) is 6.54 Å². The summed E-state index contributed by atoms with van der Waals surface area (Å²) in [6.07, 6.45) is 0.913. The fraction of sp³-hybridized carbons (Fsp3) is 0.889. The minimum absolute atomic E-state index is 0.0525. The first-order valence-corrected chi connectivity index (χ1v) is 4.95. The molecule has 0 amide bonds. The third-order valence-electron chi connectivity index (χ3n) is 2.66. The molecule has 5 heteroatoms. The Bertz CT molecular complexity index is 217. The van der Waals surface area contributed by atoms with Crippen molar-refractivity contribution in [3.63, 3.8) is 0 Å². The molecule has 0 aromatic heterocycles. The molecule has 2 N–H and O–H groups in total. The predicted octanol–water partition coefficient (Wildman–Crippen LogP) is -0.393. The number of rotatable bonds is 4. The summed E-state index contributed by atoms with van der Waals surface area (Å²) in [4.78, 5) is 10.6. The van der Waals surface area contributed by atoms with Crippen molar-refractivity contribution in [3.8, 4) is 0 Å². The average Bonchev–Trinajstić information content (AvgIpc) is 2.50. The molecule has 2 rings (SSSR count). The van der Waals surface area contributed by atoms with E-state index in [-0.39, 0.29) is 6.10 Å². The van der Waals surface area contributed by atoms with E-state index in [1.54, 1.807) is 0 Å². The van der Waals surface area contributed by atoms with Gasteiger partial charge in [0.15, 0.2) is 6.10 Å². The number of carboxylic acid groups (broad SMARTS) is 1. The van der Waals surface area contributed by atoms with Gasteiger partial charge in [-0.15, -0.1) is 0 Å². The lowest BCUT2D eigenvalue weighted by Crippen LogP contribution is -2.48. The first-order valence-electron chi connectivity index (χ1n) is 4.95. The van der Waals surface area contributed by atoms with Gasteiger partial charge < -0.3 is 19.9 Å². The van der Waals surface area contributed by atoms with Crippen LogP contribution in [-0.4, -0.2) is 49.1 Å². The van der Waals surface area contributed by atoms with Crippen LogP contribution < -0.4 is 5.32 Å². The van der Waals surface area contributed by atoms with Gasteiger partial charge in [-0.05, 0) is 12.8 Å². The molecular weight excluding hydrogens is 186 g/mol. The van der Waals surface area contributed by atoms with E-state index in [1.165, 1.54) is 0 Å². The molecule has 2 atom stereocenters. The van der Waals surface area contributed by atoms with E-state index >= 15 is 0 Å². The van der Waals surface area contributed by atoms with Gasteiger partial charge in [-0.3, -0.25) is 0 Å². The maximum Gasteiger partial charge on any atom is 0.332 e. The summed E-state index contributed by atoms with van der Waals surface area (Å²) in [5, 5.41) is 12.0. The molecule has 0 aliphatic carbocycles. The molecule has 80 valence electrons. The third kappa shape index (κ3) is 2.23. The van der Waals surface area contributed by atoms with E-state index in [2.05, 4.69) is 5.32 Å². The molecule has 2 aliphatic rings. The van der Waals surface area contributed by atoms with Gasteiger partial charge >= 0.3 is 5.97 Å². The van der Waals surface area contributed by atoms with Crippen LogP contribution >= 0.6 is 0 Å². The van der Waals surface area contributed by atoms with Crippen molar-refractivity contribution in [2.75, 3.05) is 19.8 Å². The minimum atomic E-state index is -0.848. The van der Waals surface area contributed by atoms with Crippen molar-refractivity contribution in [1.29, 1.82) is 0 Å². The highest BCUT2D eigenvalue weighted by atomic mass is 16.5. The topological polar surface area (TPSA) is 67.8 Å². The van der Waals surface area contributed by atoms with E-state index in [0.717, 1.165) is 26.2 Å². The minimum Gasteiger partial charge on any atom is -0.479 e. The first-order chi connectivity index (χ1) is 6.75. The quantitative estimate of drug-likeness (QED) is 0.648. The maximum absolute atomic E-state index is 10.6. The summed E-state index contributed by atoms with van der Waals surface area (Å²) in [6, 6.07) is 0.433. The van der Waals surface area contributed by atoms with Gasteiger partial charge in [0.2, 0.25) is 0 Å². The summed E-state index contributed by atoms with van der Waals surface area (Å²) in [7, 11) is 0. The summed E-state index contributed by atoms with van der Waals surface area (Å²) in [5.74, 6) is -0.848. The average molecular weight is 201 g/mol. The Morgan fingerprint density at radius 1 is 1.43 bits per heavy atom. The Morgan fingerprint density at radius 3 is 2.71 bits per heavy atom. The van der Waals surface area contributed by atoms with Crippen molar-refractivity contribution < 1.29 is 19.4 Å². The van der Waals surface area contributed by atoms with Crippen LogP contribution in [0.2, 0.25) is 0 Å². The summed E-state index contributed by atoms with van der Waals surface area (Å²) in [5.41, 5.74) is 0. The number of hydrogen-bond acceptors (Lipinski definition) is 4. The number of hydrogen-bond donors (Lipinski definition) is 2. The van der Waals surface area contributed by atoms with Gasteiger partial charge in [0.05, 0.1) is 25.4 Å². The van der Waals surface area contributed by atoms with Gasteiger partial charge in [-0.1, -0.05) is 0 Å². The van der Waals surface area contributed by atoms with Gasteiger partial charge in [0.25, 0.3) is 0 Å². The lowest BCUT2D eigenvalue weighted by atomic mass is 10.2. The number of ether oxygens (including phenoxy) is 2. The van der Waals surface area contributed by atoms with E-state index in [1.807, 2.05) is 0 Å². The molecule has 2 aliphatic heterocycles. The second-order valence-electron chi connectivity index (χ2n) is 3.80. The van der Waals surface area contributed by atoms with Gasteiger partial charge in [0.1, 0.15) is 0 Å².